The van der Waals surface area contributed by atoms with Gasteiger partial charge in [-0.15, -0.1) is 0 Å². The maximum absolute atomic E-state index is 5.84. The Morgan fingerprint density at radius 3 is 2.84 bits per heavy atom. The molecule has 0 unspecified atom stereocenters. The molecule has 0 bridgehead atoms. The third-order valence-corrected chi connectivity index (χ3v) is 2.44. The van der Waals surface area contributed by atoms with Crippen LogP contribution in [0.25, 0.3) is 6.08 Å². The summed E-state index contributed by atoms with van der Waals surface area (Å²) in [4.78, 5) is 8.17. The Labute approximate surface area is 119 Å². The first-order valence-corrected chi connectivity index (χ1v) is 6.44. The Hall–Kier alpha value is -1.33. The van der Waals surface area contributed by atoms with Crippen LogP contribution in [0.2, 0.25) is 5.28 Å². The monoisotopic (exact) mass is 285 g/mol. The minimum atomic E-state index is -0.263. The number of anilines is 1. The van der Waals surface area contributed by atoms with Gasteiger partial charge in [0.25, 0.3) is 0 Å². The molecule has 0 aromatic carbocycles. The molecular formula is C13H20ClN3O2. The quantitative estimate of drug-likeness (QED) is 0.616. The zero-order valence-electron chi connectivity index (χ0n) is 11.7. The molecule has 0 fully saturated rings. The summed E-state index contributed by atoms with van der Waals surface area (Å²) >= 11 is 5.84. The van der Waals surface area contributed by atoms with Gasteiger partial charge in [-0.05, 0) is 38.4 Å². The van der Waals surface area contributed by atoms with Crippen LogP contribution in [0.1, 0.15) is 26.3 Å². The number of halogens is 1. The van der Waals surface area contributed by atoms with Crippen LogP contribution < -0.4 is 5.32 Å². The van der Waals surface area contributed by atoms with Gasteiger partial charge in [-0.3, -0.25) is 0 Å². The van der Waals surface area contributed by atoms with Crippen LogP contribution in [-0.4, -0.2) is 35.8 Å². The average molecular weight is 286 g/mol. The molecule has 0 saturated heterocycles. The fraction of sp³-hybridized carbons (Fsp3) is 0.538. The highest BCUT2D eigenvalue weighted by molar-refractivity contribution is 6.28. The number of hydrogen-bond donors (Lipinski definition) is 1. The second kappa shape index (κ2) is 7.31. The van der Waals surface area contributed by atoms with Crippen molar-refractivity contribution in [2.75, 3.05) is 25.6 Å². The van der Waals surface area contributed by atoms with Gasteiger partial charge in [-0.1, -0.05) is 0 Å². The summed E-state index contributed by atoms with van der Waals surface area (Å²) in [6.07, 6.45) is 5.06. The fourth-order valence-corrected chi connectivity index (χ4v) is 1.66. The lowest BCUT2D eigenvalue weighted by atomic mass is 10.1. The van der Waals surface area contributed by atoms with Gasteiger partial charge in [0.1, 0.15) is 5.82 Å². The first-order chi connectivity index (χ1) is 8.98. The SMILES string of the molecule is CCO/C=C/c1cnc(Cl)nc1NC(C)(C)COC. The van der Waals surface area contributed by atoms with Gasteiger partial charge < -0.3 is 14.8 Å². The molecule has 1 aromatic heterocycles. The molecule has 0 saturated carbocycles. The maximum Gasteiger partial charge on any atom is 0.224 e. The summed E-state index contributed by atoms with van der Waals surface area (Å²) in [6.45, 7) is 7.11. The lowest BCUT2D eigenvalue weighted by molar-refractivity contribution is 0.158. The largest absolute Gasteiger partial charge is 0.501 e. The Kier molecular flexibility index (Phi) is 6.05. The Balaban J connectivity index is 2.94. The van der Waals surface area contributed by atoms with Gasteiger partial charge in [-0.25, -0.2) is 9.97 Å². The molecule has 0 aliphatic carbocycles. The fourth-order valence-electron chi connectivity index (χ4n) is 1.53. The summed E-state index contributed by atoms with van der Waals surface area (Å²) < 4.78 is 10.3. The van der Waals surface area contributed by atoms with E-state index in [-0.39, 0.29) is 10.8 Å². The number of hydrogen-bond acceptors (Lipinski definition) is 5. The van der Waals surface area contributed by atoms with E-state index in [1.807, 2.05) is 20.8 Å². The molecule has 1 aromatic rings. The predicted octanol–water partition coefficient (Wildman–Crippen LogP) is 2.97. The normalized spacial score (nSPS) is 11.8. The highest BCUT2D eigenvalue weighted by Crippen LogP contribution is 2.20. The molecule has 6 heteroatoms. The number of aromatic nitrogens is 2. The van der Waals surface area contributed by atoms with Gasteiger partial charge >= 0.3 is 0 Å². The van der Waals surface area contributed by atoms with Crippen LogP contribution in [0.15, 0.2) is 12.5 Å². The van der Waals surface area contributed by atoms with Crippen LogP contribution in [0.4, 0.5) is 5.82 Å². The molecule has 0 aliphatic heterocycles. The summed E-state index contributed by atoms with van der Waals surface area (Å²) in [6, 6.07) is 0. The van der Waals surface area contributed by atoms with E-state index in [1.165, 1.54) is 0 Å². The molecule has 0 atom stereocenters. The Morgan fingerprint density at radius 2 is 2.21 bits per heavy atom. The average Bonchev–Trinajstić information content (AvgIpc) is 2.31. The molecule has 0 amide bonds. The first kappa shape index (κ1) is 15.7. The molecule has 0 spiro atoms. The molecule has 5 nitrogen and oxygen atoms in total. The molecule has 0 radical (unpaired) electrons. The molecule has 106 valence electrons. The van der Waals surface area contributed by atoms with E-state index in [2.05, 4.69) is 15.3 Å². The molecule has 1 rings (SSSR count). The third-order valence-electron chi connectivity index (χ3n) is 2.26. The minimum absolute atomic E-state index is 0.198. The van der Waals surface area contributed by atoms with Gasteiger partial charge in [-0.2, -0.15) is 0 Å². The van der Waals surface area contributed by atoms with E-state index in [9.17, 15) is 0 Å². The van der Waals surface area contributed by atoms with Crippen LogP contribution in [0.5, 0.6) is 0 Å². The van der Waals surface area contributed by atoms with Crippen LogP contribution >= 0.6 is 11.6 Å². The van der Waals surface area contributed by atoms with Crippen molar-refractivity contribution < 1.29 is 9.47 Å². The smallest absolute Gasteiger partial charge is 0.224 e. The molecule has 1 N–H and O–H groups in total. The summed E-state index contributed by atoms with van der Waals surface area (Å²) in [5.41, 5.74) is 0.544. The lowest BCUT2D eigenvalue weighted by Crippen LogP contribution is -2.36. The third kappa shape index (κ3) is 5.44. The van der Waals surface area contributed by atoms with E-state index >= 15 is 0 Å². The standard InChI is InChI=1S/C13H20ClN3O2/c1-5-19-7-6-10-8-15-12(14)16-11(10)17-13(2,3)9-18-4/h6-8H,5,9H2,1-4H3,(H,15,16,17)/b7-6+. The van der Waals surface area contributed by atoms with E-state index in [0.717, 1.165) is 5.56 Å². The van der Waals surface area contributed by atoms with Crippen molar-refractivity contribution in [3.05, 3.63) is 23.3 Å². The Morgan fingerprint density at radius 1 is 1.47 bits per heavy atom. The Bertz CT molecular complexity index is 436. The molecule has 1 heterocycles. The zero-order chi connectivity index (χ0) is 14.3. The van der Waals surface area contributed by atoms with Crippen molar-refractivity contribution in [3.8, 4) is 0 Å². The molecular weight excluding hydrogens is 266 g/mol. The second-order valence-electron chi connectivity index (χ2n) is 4.64. The lowest BCUT2D eigenvalue weighted by Gasteiger charge is -2.26. The van der Waals surface area contributed by atoms with E-state index in [1.54, 1.807) is 25.6 Å². The predicted molar refractivity (Wildman–Crippen MR) is 77.3 cm³/mol. The van der Waals surface area contributed by atoms with Gasteiger partial charge in [0, 0.05) is 18.9 Å². The summed E-state index contributed by atoms with van der Waals surface area (Å²) in [5, 5.41) is 3.49. The van der Waals surface area contributed by atoms with Gasteiger partial charge in [0.05, 0.1) is 25.0 Å². The van der Waals surface area contributed by atoms with Crippen molar-refractivity contribution in [1.29, 1.82) is 0 Å². The van der Waals surface area contributed by atoms with Crippen LogP contribution in [0, 0.1) is 0 Å². The number of methoxy groups -OCH3 is 1. The highest BCUT2D eigenvalue weighted by Gasteiger charge is 2.19. The highest BCUT2D eigenvalue weighted by atomic mass is 35.5. The van der Waals surface area contributed by atoms with Crippen LogP contribution in [-0.2, 0) is 9.47 Å². The summed E-state index contributed by atoms with van der Waals surface area (Å²) in [5.74, 6) is 0.651. The van der Waals surface area contributed by atoms with Gasteiger partial charge in [0.2, 0.25) is 5.28 Å². The van der Waals surface area contributed by atoms with Crippen molar-refractivity contribution in [2.24, 2.45) is 0 Å². The zero-order valence-corrected chi connectivity index (χ0v) is 12.5. The topological polar surface area (TPSA) is 56.3 Å². The van der Waals surface area contributed by atoms with E-state index < -0.39 is 0 Å². The summed E-state index contributed by atoms with van der Waals surface area (Å²) in [7, 11) is 1.66. The minimum Gasteiger partial charge on any atom is -0.501 e. The molecule has 19 heavy (non-hydrogen) atoms. The van der Waals surface area contributed by atoms with E-state index in [4.69, 9.17) is 21.1 Å². The number of ether oxygens (including phenoxy) is 2. The number of nitrogens with one attached hydrogen (secondary N) is 1. The number of rotatable bonds is 7. The molecule has 0 aliphatic rings. The van der Waals surface area contributed by atoms with E-state index in [0.29, 0.717) is 19.0 Å². The maximum atomic E-state index is 5.84. The number of nitrogens with zero attached hydrogens (tertiary/aromatic N) is 2. The van der Waals surface area contributed by atoms with Crippen molar-refractivity contribution in [3.63, 3.8) is 0 Å². The van der Waals surface area contributed by atoms with Gasteiger partial charge in [0.15, 0.2) is 0 Å². The second-order valence-corrected chi connectivity index (χ2v) is 4.98. The van der Waals surface area contributed by atoms with Crippen molar-refractivity contribution >= 4 is 23.5 Å². The van der Waals surface area contributed by atoms with Crippen molar-refractivity contribution in [1.82, 2.24) is 9.97 Å². The van der Waals surface area contributed by atoms with Crippen LogP contribution in [0.3, 0.4) is 0 Å². The first-order valence-electron chi connectivity index (χ1n) is 6.06. The van der Waals surface area contributed by atoms with Crippen molar-refractivity contribution in [2.45, 2.75) is 26.3 Å².